The summed E-state index contributed by atoms with van der Waals surface area (Å²) in [6.07, 6.45) is 0.817. The molecule has 1 saturated heterocycles. The fraction of sp³-hybridized carbons (Fsp3) is 0.500. The molecule has 7 nitrogen and oxygen atoms in total. The molecule has 2 amide bonds. The van der Waals surface area contributed by atoms with Crippen LogP contribution in [0.5, 0.6) is 5.75 Å². The number of likely N-dealkylation sites (tertiary alicyclic amines) is 1. The van der Waals surface area contributed by atoms with Gasteiger partial charge in [0.05, 0.1) is 0 Å². The summed E-state index contributed by atoms with van der Waals surface area (Å²) in [5, 5.41) is 12.5. The molecule has 1 aromatic rings. The number of nitrogens with one attached hydrogen (secondary N) is 1. The van der Waals surface area contributed by atoms with Crippen LogP contribution < -0.4 is 10.1 Å². The van der Waals surface area contributed by atoms with E-state index in [0.29, 0.717) is 25.3 Å². The summed E-state index contributed by atoms with van der Waals surface area (Å²) in [6.45, 7) is 2.47. The molecule has 0 saturated carbocycles. The van der Waals surface area contributed by atoms with E-state index in [-0.39, 0.29) is 37.3 Å². The van der Waals surface area contributed by atoms with E-state index in [4.69, 9.17) is 4.74 Å². The highest BCUT2D eigenvalue weighted by molar-refractivity contribution is 5.83. The van der Waals surface area contributed by atoms with Crippen LogP contribution in [0.15, 0.2) is 24.3 Å². The molecule has 2 N–H and O–H groups in total. The Hall–Kier alpha value is -2.57. The first-order chi connectivity index (χ1) is 11.9. The summed E-state index contributed by atoms with van der Waals surface area (Å²) in [6, 6.07) is 7.42. The van der Waals surface area contributed by atoms with Crippen LogP contribution in [-0.4, -0.2) is 54.0 Å². The fourth-order valence-electron chi connectivity index (χ4n) is 3.69. The SMILES string of the molecule is CC(=O)NCCCC(=O)N1CC2c3ccccc3OC[C@]2(C(=O)O)C1. The molecule has 0 radical (unpaired) electrons. The first-order valence-corrected chi connectivity index (χ1v) is 8.41. The average Bonchev–Trinajstić information content (AvgIpc) is 3.00. The Morgan fingerprint density at radius 3 is 2.84 bits per heavy atom. The van der Waals surface area contributed by atoms with Gasteiger partial charge in [-0.25, -0.2) is 0 Å². The number of benzene rings is 1. The molecule has 1 fully saturated rings. The highest BCUT2D eigenvalue weighted by atomic mass is 16.5. The molecule has 1 unspecified atom stereocenters. The Morgan fingerprint density at radius 2 is 2.12 bits per heavy atom. The normalized spacial score (nSPS) is 24.0. The van der Waals surface area contributed by atoms with E-state index >= 15 is 0 Å². The lowest BCUT2D eigenvalue weighted by Gasteiger charge is -2.35. The number of carboxylic acids is 1. The van der Waals surface area contributed by atoms with Crippen molar-refractivity contribution in [3.63, 3.8) is 0 Å². The number of hydrogen-bond acceptors (Lipinski definition) is 4. The van der Waals surface area contributed by atoms with Crippen LogP contribution in [0.25, 0.3) is 0 Å². The second-order valence-electron chi connectivity index (χ2n) is 6.70. The minimum absolute atomic E-state index is 0.0691. The molecule has 2 heterocycles. The lowest BCUT2D eigenvalue weighted by molar-refractivity contribution is -0.152. The molecule has 0 bridgehead atoms. The highest BCUT2D eigenvalue weighted by Crippen LogP contribution is 2.49. The number of ether oxygens (including phenoxy) is 1. The van der Waals surface area contributed by atoms with Gasteiger partial charge in [0, 0.05) is 44.5 Å². The van der Waals surface area contributed by atoms with Gasteiger partial charge < -0.3 is 20.1 Å². The van der Waals surface area contributed by atoms with Crippen LogP contribution >= 0.6 is 0 Å². The number of aliphatic carboxylic acids is 1. The molecule has 0 aromatic heterocycles. The van der Waals surface area contributed by atoms with E-state index in [1.807, 2.05) is 24.3 Å². The zero-order valence-electron chi connectivity index (χ0n) is 14.2. The van der Waals surface area contributed by atoms with Gasteiger partial charge in [0.15, 0.2) is 0 Å². The van der Waals surface area contributed by atoms with Gasteiger partial charge in [0.2, 0.25) is 11.8 Å². The number of carboxylic acid groups (broad SMARTS) is 1. The van der Waals surface area contributed by atoms with Gasteiger partial charge in [-0.15, -0.1) is 0 Å². The van der Waals surface area contributed by atoms with Crippen LogP contribution in [0.3, 0.4) is 0 Å². The summed E-state index contributed by atoms with van der Waals surface area (Å²) < 4.78 is 5.69. The van der Waals surface area contributed by atoms with Crippen molar-refractivity contribution in [1.29, 1.82) is 0 Å². The Bertz CT molecular complexity index is 704. The predicted octanol–water partition coefficient (Wildman–Crippen LogP) is 0.992. The van der Waals surface area contributed by atoms with Crippen molar-refractivity contribution in [2.45, 2.75) is 25.7 Å². The first-order valence-electron chi connectivity index (χ1n) is 8.41. The number of carbonyl (C=O) groups excluding carboxylic acids is 2. The number of fused-ring (bicyclic) bond motifs is 3. The van der Waals surface area contributed by atoms with Gasteiger partial charge in [-0.05, 0) is 12.5 Å². The zero-order valence-corrected chi connectivity index (χ0v) is 14.2. The lowest BCUT2D eigenvalue weighted by atomic mass is 9.73. The van der Waals surface area contributed by atoms with E-state index < -0.39 is 11.4 Å². The van der Waals surface area contributed by atoms with Crippen LogP contribution in [0.2, 0.25) is 0 Å². The molecule has 25 heavy (non-hydrogen) atoms. The summed E-state index contributed by atoms with van der Waals surface area (Å²) in [4.78, 5) is 37.0. The van der Waals surface area contributed by atoms with Gasteiger partial charge in [-0.3, -0.25) is 14.4 Å². The number of carbonyl (C=O) groups is 3. The number of amides is 2. The first kappa shape index (κ1) is 17.3. The molecular weight excluding hydrogens is 324 g/mol. The van der Waals surface area contributed by atoms with Crippen LogP contribution in [0.4, 0.5) is 0 Å². The third kappa shape index (κ3) is 3.18. The Labute approximate surface area is 146 Å². The van der Waals surface area contributed by atoms with Crippen molar-refractivity contribution in [2.24, 2.45) is 5.41 Å². The molecule has 2 atom stereocenters. The van der Waals surface area contributed by atoms with E-state index in [1.54, 1.807) is 4.90 Å². The summed E-state index contributed by atoms with van der Waals surface area (Å²) >= 11 is 0. The maximum atomic E-state index is 12.5. The third-order valence-corrected chi connectivity index (χ3v) is 5.04. The number of nitrogens with zero attached hydrogens (tertiary/aromatic N) is 1. The monoisotopic (exact) mass is 346 g/mol. The van der Waals surface area contributed by atoms with Crippen molar-refractivity contribution < 1.29 is 24.2 Å². The standard InChI is InChI=1S/C18H22N2O5/c1-12(21)19-8-4-7-16(22)20-9-14-13-5-2-3-6-15(13)25-11-18(14,10-20)17(23)24/h2-3,5-6,14H,4,7-11H2,1H3,(H,19,21)(H,23,24)/t14?,18-/m1/s1. The van der Waals surface area contributed by atoms with Gasteiger partial charge in [-0.2, -0.15) is 0 Å². The van der Waals surface area contributed by atoms with E-state index in [9.17, 15) is 19.5 Å². The van der Waals surface area contributed by atoms with Crippen LogP contribution in [0.1, 0.15) is 31.2 Å². The molecule has 1 aromatic carbocycles. The Morgan fingerprint density at radius 1 is 1.36 bits per heavy atom. The van der Waals surface area contributed by atoms with E-state index in [1.165, 1.54) is 6.92 Å². The topological polar surface area (TPSA) is 95.9 Å². The summed E-state index contributed by atoms with van der Waals surface area (Å²) in [5.41, 5.74) is -0.244. The number of para-hydroxylation sites is 1. The number of rotatable bonds is 5. The average molecular weight is 346 g/mol. The van der Waals surface area contributed by atoms with Crippen molar-refractivity contribution in [2.75, 3.05) is 26.2 Å². The highest BCUT2D eigenvalue weighted by Gasteiger charge is 2.57. The molecule has 7 heteroatoms. The quantitative estimate of drug-likeness (QED) is 0.775. The fourth-order valence-corrected chi connectivity index (χ4v) is 3.69. The van der Waals surface area contributed by atoms with Gasteiger partial charge in [0.25, 0.3) is 0 Å². The molecule has 2 aliphatic rings. The van der Waals surface area contributed by atoms with Crippen molar-refractivity contribution in [3.05, 3.63) is 29.8 Å². The van der Waals surface area contributed by atoms with Crippen LogP contribution in [0, 0.1) is 5.41 Å². The second kappa shape index (κ2) is 6.74. The minimum atomic E-state index is -1.10. The maximum absolute atomic E-state index is 12.5. The smallest absolute Gasteiger partial charge is 0.315 e. The van der Waals surface area contributed by atoms with Gasteiger partial charge >= 0.3 is 5.97 Å². The Kier molecular flexibility index (Phi) is 4.65. The lowest BCUT2D eigenvalue weighted by Crippen LogP contribution is -2.46. The summed E-state index contributed by atoms with van der Waals surface area (Å²) in [7, 11) is 0. The molecule has 3 rings (SSSR count). The summed E-state index contributed by atoms with van der Waals surface area (Å²) in [5.74, 6) is -0.713. The molecule has 0 aliphatic carbocycles. The van der Waals surface area contributed by atoms with Crippen molar-refractivity contribution in [3.8, 4) is 5.75 Å². The molecule has 2 aliphatic heterocycles. The van der Waals surface area contributed by atoms with E-state index in [0.717, 1.165) is 5.56 Å². The van der Waals surface area contributed by atoms with Crippen molar-refractivity contribution in [1.82, 2.24) is 10.2 Å². The van der Waals surface area contributed by atoms with E-state index in [2.05, 4.69) is 5.32 Å². The molecule has 134 valence electrons. The predicted molar refractivity (Wildman–Crippen MR) is 89.2 cm³/mol. The maximum Gasteiger partial charge on any atom is 0.315 e. The minimum Gasteiger partial charge on any atom is -0.492 e. The second-order valence-corrected chi connectivity index (χ2v) is 6.70. The number of hydrogen-bond donors (Lipinski definition) is 2. The van der Waals surface area contributed by atoms with Gasteiger partial charge in [0.1, 0.15) is 17.8 Å². The Balaban J connectivity index is 1.73. The molecule has 0 spiro atoms. The van der Waals surface area contributed by atoms with Crippen LogP contribution in [-0.2, 0) is 14.4 Å². The van der Waals surface area contributed by atoms with Crippen molar-refractivity contribution >= 4 is 17.8 Å². The van der Waals surface area contributed by atoms with Gasteiger partial charge in [-0.1, -0.05) is 18.2 Å². The third-order valence-electron chi connectivity index (χ3n) is 5.04. The zero-order chi connectivity index (χ0) is 18.0. The largest absolute Gasteiger partial charge is 0.492 e. The molecular formula is C18H22N2O5.